The van der Waals surface area contributed by atoms with Gasteiger partial charge in [0.1, 0.15) is 6.61 Å². The molecule has 3 N–H and O–H groups in total. The molecular formula is C25H27N5O5. The standard InChI is InChI=1S/C25H27N5O5/c1-2-16(13-23(31)26-11-12-30-14-22(24(32)33)28-29-30)27-25(34)35-15-21-19-9-5-3-7-17(19)18-8-4-6-10-20(18)21/h3-10,14,16,21H,2,11-13,15H2,1H3,(H,26,31)(H,27,34)(H,32,33). The Morgan fingerprint density at radius 1 is 1.09 bits per heavy atom. The number of benzene rings is 2. The first-order valence-corrected chi connectivity index (χ1v) is 11.5. The molecule has 1 heterocycles. The molecule has 3 aromatic rings. The Kier molecular flexibility index (Phi) is 7.39. The van der Waals surface area contributed by atoms with Gasteiger partial charge in [0.15, 0.2) is 5.69 Å². The molecule has 0 fully saturated rings. The molecule has 1 aliphatic rings. The van der Waals surface area contributed by atoms with Crippen molar-refractivity contribution in [3.05, 3.63) is 71.5 Å². The normalized spacial score (nSPS) is 12.9. The summed E-state index contributed by atoms with van der Waals surface area (Å²) in [6, 6.07) is 15.9. The Morgan fingerprint density at radius 2 is 1.74 bits per heavy atom. The number of amides is 2. The van der Waals surface area contributed by atoms with Crippen LogP contribution in [0.1, 0.15) is 47.3 Å². The Labute approximate surface area is 202 Å². The summed E-state index contributed by atoms with van der Waals surface area (Å²) >= 11 is 0. The Morgan fingerprint density at radius 3 is 2.34 bits per heavy atom. The van der Waals surface area contributed by atoms with Crippen molar-refractivity contribution in [2.75, 3.05) is 13.2 Å². The molecule has 1 aromatic heterocycles. The maximum Gasteiger partial charge on any atom is 0.407 e. The van der Waals surface area contributed by atoms with Crippen LogP contribution in [0.15, 0.2) is 54.7 Å². The molecule has 1 unspecified atom stereocenters. The molecule has 35 heavy (non-hydrogen) atoms. The van der Waals surface area contributed by atoms with Gasteiger partial charge >= 0.3 is 12.1 Å². The van der Waals surface area contributed by atoms with Crippen molar-refractivity contribution in [3.8, 4) is 11.1 Å². The number of ether oxygens (including phenoxy) is 1. The maximum absolute atomic E-state index is 12.5. The quantitative estimate of drug-likeness (QED) is 0.409. The van der Waals surface area contributed by atoms with E-state index in [9.17, 15) is 14.4 Å². The summed E-state index contributed by atoms with van der Waals surface area (Å²) in [5.74, 6) is -1.44. The lowest BCUT2D eigenvalue weighted by Gasteiger charge is -2.18. The zero-order chi connectivity index (χ0) is 24.8. The molecule has 4 rings (SSSR count). The minimum absolute atomic E-state index is 0.0325. The number of fused-ring (bicyclic) bond motifs is 3. The molecule has 182 valence electrons. The lowest BCUT2D eigenvalue weighted by atomic mass is 9.98. The van der Waals surface area contributed by atoms with Crippen molar-refractivity contribution in [2.45, 2.75) is 38.3 Å². The van der Waals surface area contributed by atoms with Gasteiger partial charge in [-0.3, -0.25) is 4.79 Å². The number of rotatable bonds is 10. The molecule has 2 aromatic carbocycles. The summed E-state index contributed by atoms with van der Waals surface area (Å²) in [6.07, 6.45) is 1.39. The van der Waals surface area contributed by atoms with Gasteiger partial charge in [-0.1, -0.05) is 60.7 Å². The second-order valence-electron chi connectivity index (χ2n) is 8.30. The second kappa shape index (κ2) is 10.8. The van der Waals surface area contributed by atoms with E-state index in [0.717, 1.165) is 22.3 Å². The third-order valence-electron chi connectivity index (χ3n) is 6.01. The number of carboxylic acids is 1. The number of alkyl carbamates (subject to hydrolysis) is 1. The predicted molar refractivity (Wildman–Crippen MR) is 127 cm³/mol. The highest BCUT2D eigenvalue weighted by Crippen LogP contribution is 2.44. The lowest BCUT2D eigenvalue weighted by Crippen LogP contribution is -2.40. The SMILES string of the molecule is CCC(CC(=O)NCCn1cc(C(=O)O)nn1)NC(=O)OCC1c2ccccc2-c2ccccc21. The Bertz CT molecular complexity index is 1180. The van der Waals surface area contributed by atoms with Gasteiger partial charge in [-0.05, 0) is 28.7 Å². The van der Waals surface area contributed by atoms with Crippen LogP contribution in [0, 0.1) is 0 Å². The fourth-order valence-electron chi connectivity index (χ4n) is 4.22. The van der Waals surface area contributed by atoms with Crippen LogP contribution in [-0.2, 0) is 16.1 Å². The molecular weight excluding hydrogens is 450 g/mol. The Balaban J connectivity index is 1.24. The summed E-state index contributed by atoms with van der Waals surface area (Å²) < 4.78 is 6.91. The number of nitrogens with one attached hydrogen (secondary N) is 2. The van der Waals surface area contributed by atoms with Crippen LogP contribution in [0.4, 0.5) is 4.79 Å². The van der Waals surface area contributed by atoms with Crippen LogP contribution in [0.3, 0.4) is 0 Å². The smallest absolute Gasteiger partial charge is 0.407 e. The predicted octanol–water partition coefficient (Wildman–Crippen LogP) is 2.80. The van der Waals surface area contributed by atoms with Crippen LogP contribution in [0.5, 0.6) is 0 Å². The number of nitrogens with zero attached hydrogens (tertiary/aromatic N) is 3. The highest BCUT2D eigenvalue weighted by Gasteiger charge is 2.29. The van der Waals surface area contributed by atoms with Gasteiger partial charge < -0.3 is 20.5 Å². The van der Waals surface area contributed by atoms with E-state index in [1.165, 1.54) is 10.9 Å². The number of aromatic carboxylic acids is 1. The molecule has 0 radical (unpaired) electrons. The average Bonchev–Trinajstić information content (AvgIpc) is 3.45. The topological polar surface area (TPSA) is 135 Å². The molecule has 2 amide bonds. The third-order valence-corrected chi connectivity index (χ3v) is 6.01. The monoisotopic (exact) mass is 477 g/mol. The molecule has 0 saturated carbocycles. The highest BCUT2D eigenvalue weighted by molar-refractivity contribution is 5.84. The van der Waals surface area contributed by atoms with E-state index in [1.807, 2.05) is 31.2 Å². The zero-order valence-electron chi connectivity index (χ0n) is 19.3. The minimum atomic E-state index is -1.16. The molecule has 0 spiro atoms. The van der Waals surface area contributed by atoms with Crippen LogP contribution in [-0.4, -0.2) is 57.3 Å². The van der Waals surface area contributed by atoms with Crippen molar-refractivity contribution in [1.82, 2.24) is 25.6 Å². The van der Waals surface area contributed by atoms with E-state index in [1.54, 1.807) is 0 Å². The average molecular weight is 478 g/mol. The number of hydrogen-bond donors (Lipinski definition) is 3. The third kappa shape index (κ3) is 5.65. The zero-order valence-corrected chi connectivity index (χ0v) is 19.3. The van der Waals surface area contributed by atoms with Crippen molar-refractivity contribution in [1.29, 1.82) is 0 Å². The molecule has 0 bridgehead atoms. The molecule has 1 atom stereocenters. The van der Waals surface area contributed by atoms with E-state index >= 15 is 0 Å². The number of hydrogen-bond acceptors (Lipinski definition) is 6. The number of carbonyl (C=O) groups is 3. The van der Waals surface area contributed by atoms with Gasteiger partial charge in [0, 0.05) is 24.9 Å². The first-order chi connectivity index (χ1) is 17.0. The van der Waals surface area contributed by atoms with Crippen LogP contribution >= 0.6 is 0 Å². The van der Waals surface area contributed by atoms with Crippen molar-refractivity contribution in [3.63, 3.8) is 0 Å². The van der Waals surface area contributed by atoms with E-state index in [-0.39, 0.29) is 49.7 Å². The van der Waals surface area contributed by atoms with Gasteiger partial charge in [-0.2, -0.15) is 0 Å². The summed E-state index contributed by atoms with van der Waals surface area (Å²) in [6.45, 7) is 2.62. The second-order valence-corrected chi connectivity index (χ2v) is 8.30. The maximum atomic E-state index is 12.5. The first-order valence-electron chi connectivity index (χ1n) is 11.5. The molecule has 1 aliphatic carbocycles. The largest absolute Gasteiger partial charge is 0.476 e. The van der Waals surface area contributed by atoms with Gasteiger partial charge in [0.2, 0.25) is 5.91 Å². The molecule has 10 heteroatoms. The molecule has 0 aliphatic heterocycles. The Hall–Kier alpha value is -4.21. The van der Waals surface area contributed by atoms with E-state index < -0.39 is 12.1 Å². The fourth-order valence-corrected chi connectivity index (χ4v) is 4.22. The van der Waals surface area contributed by atoms with Crippen LogP contribution in [0.25, 0.3) is 11.1 Å². The fraction of sp³-hybridized carbons (Fsp3) is 0.320. The number of aromatic nitrogens is 3. The number of carbonyl (C=O) groups excluding carboxylic acids is 2. The van der Waals surface area contributed by atoms with Crippen LogP contribution in [0.2, 0.25) is 0 Å². The first kappa shape index (κ1) is 23.9. The van der Waals surface area contributed by atoms with E-state index in [0.29, 0.717) is 6.42 Å². The summed E-state index contributed by atoms with van der Waals surface area (Å²) in [7, 11) is 0. The number of carboxylic acid groups (broad SMARTS) is 1. The summed E-state index contributed by atoms with van der Waals surface area (Å²) in [5.41, 5.74) is 4.43. The highest BCUT2D eigenvalue weighted by atomic mass is 16.5. The van der Waals surface area contributed by atoms with Crippen molar-refractivity contribution < 1.29 is 24.2 Å². The lowest BCUT2D eigenvalue weighted by molar-refractivity contribution is -0.121. The van der Waals surface area contributed by atoms with Crippen molar-refractivity contribution in [2.24, 2.45) is 0 Å². The van der Waals surface area contributed by atoms with E-state index in [2.05, 4.69) is 45.2 Å². The van der Waals surface area contributed by atoms with E-state index in [4.69, 9.17) is 9.84 Å². The molecule has 0 saturated heterocycles. The van der Waals surface area contributed by atoms with Gasteiger partial charge in [0.25, 0.3) is 0 Å². The summed E-state index contributed by atoms with van der Waals surface area (Å²) in [5, 5.41) is 21.6. The summed E-state index contributed by atoms with van der Waals surface area (Å²) in [4.78, 5) is 35.6. The molecule has 10 nitrogen and oxygen atoms in total. The van der Waals surface area contributed by atoms with Gasteiger partial charge in [-0.15, -0.1) is 5.10 Å². The minimum Gasteiger partial charge on any atom is -0.476 e. The van der Waals surface area contributed by atoms with Gasteiger partial charge in [0.05, 0.1) is 12.7 Å². The van der Waals surface area contributed by atoms with Crippen LogP contribution < -0.4 is 10.6 Å². The van der Waals surface area contributed by atoms with Gasteiger partial charge in [-0.25, -0.2) is 14.3 Å². The van der Waals surface area contributed by atoms with Crippen molar-refractivity contribution >= 4 is 18.0 Å².